The van der Waals surface area contributed by atoms with Gasteiger partial charge in [-0.15, -0.1) is 0 Å². The van der Waals surface area contributed by atoms with Crippen molar-refractivity contribution in [3.8, 4) is 34.4 Å². The van der Waals surface area contributed by atoms with Crippen LogP contribution in [-0.4, -0.2) is 48.6 Å². The van der Waals surface area contributed by atoms with Gasteiger partial charge in [-0.25, -0.2) is 0 Å². The van der Waals surface area contributed by atoms with Gasteiger partial charge in [-0.05, 0) is 93.0 Å². The van der Waals surface area contributed by atoms with Crippen molar-refractivity contribution in [3.05, 3.63) is 105 Å². The minimum Gasteiger partial charge on any atom is -0.492 e. The fourth-order valence-corrected chi connectivity index (χ4v) is 7.06. The van der Waals surface area contributed by atoms with E-state index in [1.807, 2.05) is 36.4 Å². The molecular weight excluding hydrogens is 685 g/mol. The molecule has 0 radical (unpaired) electrons. The van der Waals surface area contributed by atoms with Gasteiger partial charge in [0.05, 0.1) is 22.2 Å². The van der Waals surface area contributed by atoms with E-state index in [1.54, 1.807) is 12.3 Å². The van der Waals surface area contributed by atoms with Crippen LogP contribution in [0.3, 0.4) is 0 Å². The number of nitrogens with one attached hydrogen (secondary N) is 1. The van der Waals surface area contributed by atoms with Crippen molar-refractivity contribution >= 4 is 29.1 Å². The van der Waals surface area contributed by atoms with Crippen molar-refractivity contribution in [2.75, 3.05) is 32.8 Å². The molecule has 1 amide bonds. The predicted molar refractivity (Wildman–Crippen MR) is 199 cm³/mol. The number of benzene rings is 3. The standard InChI is InChI=1S/C40H43Cl2N5O4/c41-34-20-29(25-45-14-2-1-11-39(44)48)37(50-26-28-19-27(22-43)23-46-24-28)21-38(34)51-35-13-12-31-30(7-3-8-32(31)35)33-9-4-10-36(40(33)42)49-18-6-17-47-15-5-16-47/h3-4,7-10,19-21,23-24,35,45H,1-2,5-6,11-18,25-26H2,(H2,44,48)/t35-/m0/s1. The van der Waals surface area contributed by atoms with E-state index in [4.69, 9.17) is 43.1 Å². The van der Waals surface area contributed by atoms with Gasteiger partial charge in [-0.2, -0.15) is 5.26 Å². The number of unbranched alkanes of at least 4 members (excludes halogenated alkanes) is 1. The molecule has 1 aliphatic carbocycles. The van der Waals surface area contributed by atoms with E-state index in [0.29, 0.717) is 59.0 Å². The van der Waals surface area contributed by atoms with E-state index in [2.05, 4.69) is 33.4 Å². The van der Waals surface area contributed by atoms with Crippen molar-refractivity contribution in [1.29, 1.82) is 5.26 Å². The molecule has 1 aliphatic heterocycles. The normalized spacial score (nSPS) is 15.1. The van der Waals surface area contributed by atoms with Crippen LogP contribution in [-0.2, 0) is 24.4 Å². The highest BCUT2D eigenvalue weighted by molar-refractivity contribution is 6.35. The van der Waals surface area contributed by atoms with E-state index in [1.165, 1.54) is 31.3 Å². The summed E-state index contributed by atoms with van der Waals surface area (Å²) in [5.41, 5.74) is 11.7. The van der Waals surface area contributed by atoms with Gasteiger partial charge in [0.2, 0.25) is 5.91 Å². The number of carbonyl (C=O) groups is 1. The number of nitrogens with two attached hydrogens (primary N) is 1. The van der Waals surface area contributed by atoms with Gasteiger partial charge >= 0.3 is 0 Å². The lowest BCUT2D eigenvalue weighted by atomic mass is 9.96. The molecule has 266 valence electrons. The molecule has 3 N–H and O–H groups in total. The third kappa shape index (κ3) is 9.52. The van der Waals surface area contributed by atoms with Crippen molar-refractivity contribution in [2.45, 2.75) is 64.2 Å². The van der Waals surface area contributed by atoms with Crippen LogP contribution in [0.4, 0.5) is 0 Å². The summed E-state index contributed by atoms with van der Waals surface area (Å²) < 4.78 is 19.1. The monoisotopic (exact) mass is 727 g/mol. The second-order valence-electron chi connectivity index (χ2n) is 13.0. The molecule has 0 spiro atoms. The number of hydrogen-bond acceptors (Lipinski definition) is 8. The first-order valence-electron chi connectivity index (χ1n) is 17.6. The minimum absolute atomic E-state index is 0.212. The zero-order chi connectivity index (χ0) is 35.6. The average molecular weight is 729 g/mol. The molecule has 1 fully saturated rings. The van der Waals surface area contributed by atoms with Crippen LogP contribution in [0.2, 0.25) is 10.0 Å². The van der Waals surface area contributed by atoms with Crippen LogP contribution < -0.4 is 25.3 Å². The molecule has 2 heterocycles. The Morgan fingerprint density at radius 2 is 1.84 bits per heavy atom. The number of aromatic nitrogens is 1. The van der Waals surface area contributed by atoms with Gasteiger partial charge in [0.1, 0.15) is 36.0 Å². The van der Waals surface area contributed by atoms with Crippen LogP contribution >= 0.6 is 23.2 Å². The molecule has 1 atom stereocenters. The van der Waals surface area contributed by atoms with Gasteiger partial charge < -0.3 is 30.2 Å². The molecule has 11 heteroatoms. The lowest BCUT2D eigenvalue weighted by Crippen LogP contribution is -2.38. The molecule has 1 saturated heterocycles. The fraction of sp³-hybridized carbons (Fsp3) is 0.375. The minimum atomic E-state index is -0.296. The quantitative estimate of drug-likeness (QED) is 0.0997. The number of hydrogen-bond donors (Lipinski definition) is 2. The molecule has 0 saturated carbocycles. The van der Waals surface area contributed by atoms with Crippen LogP contribution in [0.5, 0.6) is 17.2 Å². The van der Waals surface area contributed by atoms with Gasteiger partial charge in [-0.3, -0.25) is 9.78 Å². The second kappa shape index (κ2) is 17.7. The molecular formula is C40H43Cl2N5O4. The summed E-state index contributed by atoms with van der Waals surface area (Å²) >= 11 is 13.8. The largest absolute Gasteiger partial charge is 0.492 e. The van der Waals surface area contributed by atoms with Crippen molar-refractivity contribution < 1.29 is 19.0 Å². The number of carbonyl (C=O) groups excluding carboxylic acids is 1. The predicted octanol–water partition coefficient (Wildman–Crippen LogP) is 7.79. The molecule has 1 aromatic heterocycles. The van der Waals surface area contributed by atoms with E-state index in [9.17, 15) is 10.1 Å². The maximum absolute atomic E-state index is 11.1. The Hall–Kier alpha value is -4.33. The van der Waals surface area contributed by atoms with E-state index >= 15 is 0 Å². The number of amides is 1. The second-order valence-corrected chi connectivity index (χ2v) is 13.8. The highest BCUT2D eigenvalue weighted by Crippen LogP contribution is 2.45. The number of halogens is 2. The Morgan fingerprint density at radius 1 is 1.00 bits per heavy atom. The maximum atomic E-state index is 11.1. The lowest BCUT2D eigenvalue weighted by molar-refractivity contribution is -0.118. The van der Waals surface area contributed by atoms with E-state index in [-0.39, 0.29) is 18.6 Å². The number of nitrogens with zero attached hydrogens (tertiary/aromatic N) is 3. The SMILES string of the molecule is N#Cc1cncc(COc2cc(O[C@H]3CCc4c(-c5cccc(OCCCN6CCC6)c5Cl)cccc43)c(Cl)cc2CNCCCCC(N)=O)c1. The van der Waals surface area contributed by atoms with Gasteiger partial charge in [0.15, 0.2) is 0 Å². The number of pyridine rings is 1. The van der Waals surface area contributed by atoms with Crippen molar-refractivity contribution in [2.24, 2.45) is 5.73 Å². The summed E-state index contributed by atoms with van der Waals surface area (Å²) in [6.07, 6.45) is 8.75. The third-order valence-corrected chi connectivity index (χ3v) is 10.0. The van der Waals surface area contributed by atoms with Crippen LogP contribution in [0.1, 0.15) is 72.4 Å². The molecule has 9 nitrogen and oxygen atoms in total. The molecule has 51 heavy (non-hydrogen) atoms. The summed E-state index contributed by atoms with van der Waals surface area (Å²) in [4.78, 5) is 17.7. The fourth-order valence-electron chi connectivity index (χ4n) is 6.55. The summed E-state index contributed by atoms with van der Waals surface area (Å²) in [5.74, 6) is 1.55. The number of fused-ring (bicyclic) bond motifs is 1. The van der Waals surface area contributed by atoms with Gasteiger partial charge in [0, 0.05) is 54.7 Å². The summed E-state index contributed by atoms with van der Waals surface area (Å²) in [6, 6.07) is 19.8. The Balaban J connectivity index is 1.18. The van der Waals surface area contributed by atoms with E-state index in [0.717, 1.165) is 66.5 Å². The number of ether oxygens (including phenoxy) is 3. The Morgan fingerprint density at radius 3 is 2.65 bits per heavy atom. The first-order valence-corrected chi connectivity index (χ1v) is 18.4. The van der Waals surface area contributed by atoms with Crippen molar-refractivity contribution in [3.63, 3.8) is 0 Å². The summed E-state index contributed by atoms with van der Waals surface area (Å²) in [5, 5.41) is 13.8. The third-order valence-electron chi connectivity index (χ3n) is 9.34. The Kier molecular flexibility index (Phi) is 12.7. The Bertz CT molecular complexity index is 1880. The number of nitriles is 1. The van der Waals surface area contributed by atoms with Crippen LogP contribution in [0, 0.1) is 11.3 Å². The van der Waals surface area contributed by atoms with Crippen LogP contribution in [0.15, 0.2) is 67.0 Å². The smallest absolute Gasteiger partial charge is 0.217 e. The lowest BCUT2D eigenvalue weighted by Gasteiger charge is -2.30. The topological polar surface area (TPSA) is 123 Å². The first-order chi connectivity index (χ1) is 24.9. The van der Waals surface area contributed by atoms with Gasteiger partial charge in [-0.1, -0.05) is 53.5 Å². The molecule has 3 aromatic carbocycles. The molecule has 6 rings (SSSR count). The first kappa shape index (κ1) is 36.5. The molecule has 2 aliphatic rings. The van der Waals surface area contributed by atoms with Crippen molar-refractivity contribution in [1.82, 2.24) is 15.2 Å². The highest BCUT2D eigenvalue weighted by Gasteiger charge is 2.28. The molecule has 4 aromatic rings. The zero-order valence-electron chi connectivity index (χ0n) is 28.6. The highest BCUT2D eigenvalue weighted by atomic mass is 35.5. The molecule has 0 bridgehead atoms. The van der Waals surface area contributed by atoms with Gasteiger partial charge in [0.25, 0.3) is 0 Å². The maximum Gasteiger partial charge on any atom is 0.217 e. The summed E-state index contributed by atoms with van der Waals surface area (Å²) in [7, 11) is 0. The Labute approximate surface area is 309 Å². The number of rotatable bonds is 18. The average Bonchev–Trinajstić information content (AvgIpc) is 3.52. The molecule has 0 unspecified atom stereocenters. The van der Waals surface area contributed by atoms with E-state index < -0.39 is 0 Å². The zero-order valence-corrected chi connectivity index (χ0v) is 30.1. The summed E-state index contributed by atoms with van der Waals surface area (Å²) in [6.45, 7) is 5.47. The van der Waals surface area contributed by atoms with Crippen LogP contribution in [0.25, 0.3) is 11.1 Å². The number of likely N-dealkylation sites (tertiary alicyclic amines) is 1. The number of primary amides is 1.